The summed E-state index contributed by atoms with van der Waals surface area (Å²) in [7, 11) is 0. The van der Waals surface area contributed by atoms with Gasteiger partial charge < -0.3 is 5.32 Å². The molecule has 0 spiro atoms. The lowest BCUT2D eigenvalue weighted by atomic mass is 10.1. The second-order valence-electron chi connectivity index (χ2n) is 5.87. The topological polar surface area (TPSA) is 24.9 Å². The van der Waals surface area contributed by atoms with E-state index in [2.05, 4.69) is 10.3 Å². The third-order valence-corrected chi connectivity index (χ3v) is 4.22. The molecule has 4 rings (SSSR count). The highest BCUT2D eigenvalue weighted by atomic mass is 35.5. The normalized spacial score (nSPS) is 10.9. The van der Waals surface area contributed by atoms with Crippen LogP contribution in [0.2, 0.25) is 5.02 Å². The Morgan fingerprint density at radius 2 is 1.58 bits per heavy atom. The summed E-state index contributed by atoms with van der Waals surface area (Å²) in [5, 5.41) is 4.83. The van der Waals surface area contributed by atoms with Gasteiger partial charge in [-0.15, -0.1) is 0 Å². The van der Waals surface area contributed by atoms with Crippen LogP contribution in [0.4, 0.5) is 20.2 Å². The third-order valence-electron chi connectivity index (χ3n) is 3.98. The number of halogens is 3. The zero-order valence-corrected chi connectivity index (χ0v) is 14.3. The number of hydrogen-bond acceptors (Lipinski definition) is 2. The van der Waals surface area contributed by atoms with Gasteiger partial charge in [0.25, 0.3) is 0 Å². The maximum absolute atomic E-state index is 13.5. The molecule has 0 aliphatic rings. The Morgan fingerprint density at radius 3 is 2.35 bits per heavy atom. The van der Waals surface area contributed by atoms with Crippen LogP contribution < -0.4 is 5.32 Å². The molecule has 0 unspecified atom stereocenters. The first kappa shape index (κ1) is 16.5. The Labute approximate surface area is 154 Å². The molecule has 128 valence electrons. The molecule has 2 nitrogen and oxygen atoms in total. The smallest absolute Gasteiger partial charge is 0.126 e. The van der Waals surface area contributed by atoms with E-state index in [0.717, 1.165) is 22.8 Å². The summed E-state index contributed by atoms with van der Waals surface area (Å²) >= 11 is 6.04. The van der Waals surface area contributed by atoms with E-state index in [1.54, 1.807) is 12.1 Å². The number of hydrogen-bond donors (Lipinski definition) is 1. The van der Waals surface area contributed by atoms with Gasteiger partial charge in [0.1, 0.15) is 11.6 Å². The third kappa shape index (κ3) is 3.37. The highest BCUT2D eigenvalue weighted by molar-refractivity contribution is 6.30. The molecule has 0 fully saturated rings. The summed E-state index contributed by atoms with van der Waals surface area (Å²) in [6.45, 7) is 0. The van der Waals surface area contributed by atoms with Crippen molar-refractivity contribution in [3.63, 3.8) is 0 Å². The highest BCUT2D eigenvalue weighted by Gasteiger charge is 2.08. The lowest BCUT2D eigenvalue weighted by Crippen LogP contribution is -1.94. The number of para-hydroxylation sites is 1. The Kier molecular flexibility index (Phi) is 4.27. The van der Waals surface area contributed by atoms with Crippen molar-refractivity contribution >= 4 is 33.9 Å². The fraction of sp³-hybridized carbons (Fsp3) is 0. The van der Waals surface area contributed by atoms with Crippen LogP contribution in [0.1, 0.15) is 0 Å². The van der Waals surface area contributed by atoms with E-state index >= 15 is 0 Å². The van der Waals surface area contributed by atoms with Crippen molar-refractivity contribution in [1.82, 2.24) is 4.98 Å². The summed E-state index contributed by atoms with van der Waals surface area (Å²) in [5.74, 6) is -1.26. The molecule has 1 heterocycles. The second-order valence-corrected chi connectivity index (χ2v) is 6.30. The molecular weight excluding hydrogens is 354 g/mol. The molecular formula is C21H13ClF2N2. The monoisotopic (exact) mass is 366 g/mol. The van der Waals surface area contributed by atoms with Crippen molar-refractivity contribution in [2.45, 2.75) is 0 Å². The van der Waals surface area contributed by atoms with E-state index in [-0.39, 0.29) is 0 Å². The SMILES string of the molecule is Fc1cc(F)cc(-c2ccc3cccc(Nc4cccc(Cl)c4)c3n2)c1. The molecule has 4 aromatic rings. The summed E-state index contributed by atoms with van der Waals surface area (Å²) in [6, 6.07) is 20.1. The number of nitrogens with one attached hydrogen (secondary N) is 1. The van der Waals surface area contributed by atoms with Crippen LogP contribution >= 0.6 is 11.6 Å². The van der Waals surface area contributed by atoms with Crippen LogP contribution in [-0.4, -0.2) is 4.98 Å². The van der Waals surface area contributed by atoms with Gasteiger partial charge in [-0.25, -0.2) is 13.8 Å². The molecule has 0 saturated carbocycles. The lowest BCUT2D eigenvalue weighted by Gasteiger charge is -2.11. The molecule has 0 aliphatic carbocycles. The molecule has 0 radical (unpaired) electrons. The summed E-state index contributed by atoms with van der Waals surface area (Å²) < 4.78 is 27.1. The average molecular weight is 367 g/mol. The molecule has 3 aromatic carbocycles. The second kappa shape index (κ2) is 6.73. The van der Waals surface area contributed by atoms with Crippen molar-refractivity contribution in [3.8, 4) is 11.3 Å². The van der Waals surface area contributed by atoms with Crippen LogP contribution in [0, 0.1) is 11.6 Å². The van der Waals surface area contributed by atoms with Crippen LogP contribution in [-0.2, 0) is 0 Å². The summed E-state index contributed by atoms with van der Waals surface area (Å²) in [4.78, 5) is 4.62. The van der Waals surface area contributed by atoms with Gasteiger partial charge in [-0.05, 0) is 42.5 Å². The maximum atomic E-state index is 13.5. The van der Waals surface area contributed by atoms with Gasteiger partial charge >= 0.3 is 0 Å². The summed E-state index contributed by atoms with van der Waals surface area (Å²) in [5.41, 5.74) is 3.20. The highest BCUT2D eigenvalue weighted by Crippen LogP contribution is 2.29. The lowest BCUT2D eigenvalue weighted by molar-refractivity contribution is 0.584. The summed E-state index contributed by atoms with van der Waals surface area (Å²) in [6.07, 6.45) is 0. The molecule has 0 aliphatic heterocycles. The van der Waals surface area contributed by atoms with Crippen LogP contribution in [0.15, 0.2) is 72.8 Å². The van der Waals surface area contributed by atoms with Gasteiger partial charge in [0, 0.05) is 27.7 Å². The number of benzene rings is 3. The van der Waals surface area contributed by atoms with Gasteiger partial charge in [-0.1, -0.05) is 35.9 Å². The average Bonchev–Trinajstić information content (AvgIpc) is 2.61. The number of anilines is 2. The Hall–Kier alpha value is -2.98. The molecule has 0 amide bonds. The van der Waals surface area contributed by atoms with Gasteiger partial charge in [0.2, 0.25) is 0 Å². The van der Waals surface area contributed by atoms with E-state index in [4.69, 9.17) is 11.6 Å². The molecule has 1 N–H and O–H groups in total. The Morgan fingerprint density at radius 1 is 0.808 bits per heavy atom. The first-order valence-corrected chi connectivity index (χ1v) is 8.35. The minimum absolute atomic E-state index is 0.391. The fourth-order valence-electron chi connectivity index (χ4n) is 2.83. The molecule has 0 atom stereocenters. The molecule has 0 bridgehead atoms. The number of rotatable bonds is 3. The van der Waals surface area contributed by atoms with Gasteiger partial charge in [0.15, 0.2) is 0 Å². The minimum Gasteiger partial charge on any atom is -0.354 e. The zero-order chi connectivity index (χ0) is 18.1. The van der Waals surface area contributed by atoms with E-state index < -0.39 is 11.6 Å². The number of fused-ring (bicyclic) bond motifs is 1. The van der Waals surface area contributed by atoms with Crippen molar-refractivity contribution in [1.29, 1.82) is 0 Å². The van der Waals surface area contributed by atoms with Crippen molar-refractivity contribution in [2.24, 2.45) is 0 Å². The van der Waals surface area contributed by atoms with Crippen molar-refractivity contribution in [2.75, 3.05) is 5.32 Å². The quantitative estimate of drug-likeness (QED) is 0.443. The van der Waals surface area contributed by atoms with Crippen LogP contribution in [0.5, 0.6) is 0 Å². The van der Waals surface area contributed by atoms with Crippen LogP contribution in [0.3, 0.4) is 0 Å². The Balaban J connectivity index is 1.81. The molecule has 5 heteroatoms. The van der Waals surface area contributed by atoms with E-state index in [1.165, 1.54) is 12.1 Å². The molecule has 1 aromatic heterocycles. The largest absolute Gasteiger partial charge is 0.354 e. The standard InChI is InChI=1S/C21H13ClF2N2/c22-15-4-2-5-18(11-15)25-20-6-1-3-13-7-8-19(26-21(13)20)14-9-16(23)12-17(24)10-14/h1-12,25H. The predicted molar refractivity (Wildman–Crippen MR) is 102 cm³/mol. The molecule has 0 saturated heterocycles. The minimum atomic E-state index is -0.632. The van der Waals surface area contributed by atoms with E-state index in [9.17, 15) is 8.78 Å². The maximum Gasteiger partial charge on any atom is 0.126 e. The molecule has 26 heavy (non-hydrogen) atoms. The fourth-order valence-corrected chi connectivity index (χ4v) is 3.02. The van der Waals surface area contributed by atoms with Gasteiger partial charge in [-0.2, -0.15) is 0 Å². The van der Waals surface area contributed by atoms with Gasteiger partial charge in [-0.3, -0.25) is 0 Å². The number of aromatic nitrogens is 1. The van der Waals surface area contributed by atoms with Crippen molar-refractivity contribution < 1.29 is 8.78 Å². The van der Waals surface area contributed by atoms with Crippen LogP contribution in [0.25, 0.3) is 22.2 Å². The number of nitrogens with zero attached hydrogens (tertiary/aromatic N) is 1. The first-order valence-electron chi connectivity index (χ1n) is 7.97. The zero-order valence-electron chi connectivity index (χ0n) is 13.5. The van der Waals surface area contributed by atoms with Crippen molar-refractivity contribution in [3.05, 3.63) is 89.5 Å². The Bertz CT molecular complexity index is 1090. The van der Waals surface area contributed by atoms with E-state index in [1.807, 2.05) is 42.5 Å². The first-order chi connectivity index (χ1) is 12.6. The van der Waals surface area contributed by atoms with Gasteiger partial charge in [0.05, 0.1) is 16.9 Å². The van der Waals surface area contributed by atoms with E-state index in [0.29, 0.717) is 21.8 Å². The number of pyridine rings is 1. The predicted octanol–water partition coefficient (Wildman–Crippen LogP) is 6.58.